The summed E-state index contributed by atoms with van der Waals surface area (Å²) in [7, 11) is -2.78. The third-order valence-corrected chi connectivity index (χ3v) is 3.79. The molecule has 0 unspecified atom stereocenters. The van der Waals surface area contributed by atoms with Crippen LogP contribution in [0.2, 0.25) is 0 Å². The summed E-state index contributed by atoms with van der Waals surface area (Å²) in [6.07, 6.45) is 4.41. The first kappa shape index (κ1) is 12.9. The smallest absolute Gasteiger partial charge is 0.150 e. The van der Waals surface area contributed by atoms with E-state index >= 15 is 0 Å². The highest BCUT2D eigenvalue weighted by molar-refractivity contribution is 7.91. The second kappa shape index (κ2) is 7.33. The van der Waals surface area contributed by atoms with Gasteiger partial charge in [0.1, 0.15) is 9.84 Å². The Bertz CT molecular complexity index is 184. The van der Waals surface area contributed by atoms with Gasteiger partial charge in [0.15, 0.2) is 0 Å². The van der Waals surface area contributed by atoms with Crippen molar-refractivity contribution in [2.24, 2.45) is 5.73 Å². The Morgan fingerprint density at radius 2 is 1.54 bits per heavy atom. The molecule has 3 nitrogen and oxygen atoms in total. The van der Waals surface area contributed by atoms with Crippen molar-refractivity contribution in [1.29, 1.82) is 0 Å². The molecule has 0 radical (unpaired) electrons. The van der Waals surface area contributed by atoms with Crippen molar-refractivity contribution in [3.8, 4) is 0 Å². The monoisotopic (exact) mass is 207 g/mol. The lowest BCUT2D eigenvalue weighted by molar-refractivity contribution is 0.587. The van der Waals surface area contributed by atoms with E-state index in [-0.39, 0.29) is 0 Å². The van der Waals surface area contributed by atoms with Gasteiger partial charge in [0.05, 0.1) is 11.5 Å². The maximum Gasteiger partial charge on any atom is 0.150 e. The van der Waals surface area contributed by atoms with Gasteiger partial charge in [-0.1, -0.05) is 19.8 Å². The summed E-state index contributed by atoms with van der Waals surface area (Å²) in [6, 6.07) is 0. The molecule has 0 aromatic heterocycles. The Balaban J connectivity index is 3.55. The molecule has 0 spiro atoms. The van der Waals surface area contributed by atoms with E-state index in [2.05, 4.69) is 6.92 Å². The topological polar surface area (TPSA) is 60.2 Å². The number of hydrogen-bond acceptors (Lipinski definition) is 3. The fourth-order valence-electron chi connectivity index (χ4n) is 1.14. The zero-order valence-corrected chi connectivity index (χ0v) is 9.28. The molecule has 0 bridgehead atoms. The highest BCUT2D eigenvalue weighted by atomic mass is 32.2. The highest BCUT2D eigenvalue weighted by Crippen LogP contribution is 2.02. The van der Waals surface area contributed by atoms with Crippen molar-refractivity contribution in [2.75, 3.05) is 18.1 Å². The van der Waals surface area contributed by atoms with Crippen LogP contribution in [0.5, 0.6) is 0 Å². The van der Waals surface area contributed by atoms with Crippen molar-refractivity contribution >= 4 is 9.84 Å². The van der Waals surface area contributed by atoms with Gasteiger partial charge < -0.3 is 5.73 Å². The fourth-order valence-corrected chi connectivity index (χ4v) is 2.63. The molecule has 0 amide bonds. The van der Waals surface area contributed by atoms with Crippen LogP contribution in [0.25, 0.3) is 0 Å². The molecule has 13 heavy (non-hydrogen) atoms. The third kappa shape index (κ3) is 8.25. The molecular weight excluding hydrogens is 186 g/mol. The van der Waals surface area contributed by atoms with Gasteiger partial charge in [-0.3, -0.25) is 0 Å². The van der Waals surface area contributed by atoms with Crippen molar-refractivity contribution < 1.29 is 8.42 Å². The first-order valence-corrected chi connectivity index (χ1v) is 6.85. The second-order valence-electron chi connectivity index (χ2n) is 3.35. The van der Waals surface area contributed by atoms with Crippen LogP contribution in [0.15, 0.2) is 0 Å². The zero-order valence-electron chi connectivity index (χ0n) is 8.46. The molecule has 0 fully saturated rings. The first-order valence-electron chi connectivity index (χ1n) is 5.03. The Morgan fingerprint density at radius 3 is 2.00 bits per heavy atom. The number of unbranched alkanes of at least 4 members (excludes halogenated alkanes) is 3. The van der Waals surface area contributed by atoms with Gasteiger partial charge in [-0.15, -0.1) is 0 Å². The minimum atomic E-state index is -2.78. The third-order valence-electron chi connectivity index (χ3n) is 1.97. The second-order valence-corrected chi connectivity index (χ2v) is 5.66. The molecule has 0 aromatic rings. The van der Waals surface area contributed by atoms with E-state index in [4.69, 9.17) is 5.73 Å². The average molecular weight is 207 g/mol. The van der Waals surface area contributed by atoms with Crippen LogP contribution in [-0.4, -0.2) is 26.5 Å². The molecule has 0 saturated carbocycles. The van der Waals surface area contributed by atoms with E-state index in [9.17, 15) is 8.42 Å². The summed E-state index contributed by atoms with van der Waals surface area (Å²) in [5.74, 6) is 0.666. The number of nitrogens with two attached hydrogens (primary N) is 1. The standard InChI is InChI=1S/C9H21NO2S/c1-2-3-5-8-13(11,12)9-6-4-7-10/h2-10H2,1H3. The molecule has 2 N–H and O–H groups in total. The Kier molecular flexibility index (Phi) is 7.28. The van der Waals surface area contributed by atoms with Crippen LogP contribution in [0.3, 0.4) is 0 Å². The number of rotatable bonds is 8. The zero-order chi connectivity index (χ0) is 10.2. The number of hydrogen-bond donors (Lipinski definition) is 1. The molecule has 0 aromatic carbocycles. The van der Waals surface area contributed by atoms with Gasteiger partial charge in [-0.25, -0.2) is 8.42 Å². The van der Waals surface area contributed by atoms with E-state index in [0.29, 0.717) is 24.5 Å². The van der Waals surface area contributed by atoms with E-state index < -0.39 is 9.84 Å². The van der Waals surface area contributed by atoms with Gasteiger partial charge >= 0.3 is 0 Å². The average Bonchev–Trinajstić information content (AvgIpc) is 2.05. The highest BCUT2D eigenvalue weighted by Gasteiger charge is 2.08. The summed E-state index contributed by atoms with van der Waals surface area (Å²) < 4.78 is 22.7. The first-order chi connectivity index (χ1) is 6.12. The van der Waals surface area contributed by atoms with E-state index in [1.807, 2.05) is 0 Å². The van der Waals surface area contributed by atoms with Crippen LogP contribution in [0.4, 0.5) is 0 Å². The Hall–Kier alpha value is -0.0900. The van der Waals surface area contributed by atoms with Crippen LogP contribution >= 0.6 is 0 Å². The van der Waals surface area contributed by atoms with Crippen LogP contribution in [0.1, 0.15) is 39.0 Å². The van der Waals surface area contributed by atoms with Crippen molar-refractivity contribution in [1.82, 2.24) is 0 Å². The fraction of sp³-hybridized carbons (Fsp3) is 1.00. The SMILES string of the molecule is CCCCCS(=O)(=O)CCCCN. The molecule has 80 valence electrons. The Labute approximate surface area is 81.6 Å². The van der Waals surface area contributed by atoms with Crippen LogP contribution in [-0.2, 0) is 9.84 Å². The van der Waals surface area contributed by atoms with Gasteiger partial charge in [0.25, 0.3) is 0 Å². The predicted octanol–water partition coefficient (Wildman–Crippen LogP) is 1.33. The summed E-state index contributed by atoms with van der Waals surface area (Å²) >= 11 is 0. The predicted molar refractivity (Wildman–Crippen MR) is 56.5 cm³/mol. The minimum Gasteiger partial charge on any atom is -0.330 e. The molecular formula is C9H21NO2S. The molecule has 0 rings (SSSR count). The summed E-state index contributed by atoms with van der Waals surface area (Å²) in [4.78, 5) is 0. The molecule has 0 saturated heterocycles. The van der Waals surface area contributed by atoms with E-state index in [1.54, 1.807) is 0 Å². The molecule has 0 heterocycles. The molecule has 0 atom stereocenters. The lowest BCUT2D eigenvalue weighted by atomic mass is 10.3. The normalized spacial score (nSPS) is 11.8. The van der Waals surface area contributed by atoms with Crippen molar-refractivity contribution in [3.05, 3.63) is 0 Å². The van der Waals surface area contributed by atoms with Gasteiger partial charge in [0, 0.05) is 0 Å². The molecule has 0 aliphatic heterocycles. The summed E-state index contributed by atoms with van der Waals surface area (Å²) in [6.45, 7) is 2.66. The van der Waals surface area contributed by atoms with Gasteiger partial charge in [0.2, 0.25) is 0 Å². The lowest BCUT2D eigenvalue weighted by Gasteiger charge is -2.02. The van der Waals surface area contributed by atoms with Crippen LogP contribution < -0.4 is 5.73 Å². The quantitative estimate of drug-likeness (QED) is 0.611. The number of sulfone groups is 1. The molecule has 0 aliphatic rings. The molecule has 4 heteroatoms. The minimum absolute atomic E-state index is 0.313. The van der Waals surface area contributed by atoms with E-state index in [0.717, 1.165) is 25.7 Å². The van der Waals surface area contributed by atoms with Crippen molar-refractivity contribution in [3.63, 3.8) is 0 Å². The maximum absolute atomic E-state index is 11.3. The summed E-state index contributed by atoms with van der Waals surface area (Å²) in [5.41, 5.74) is 5.28. The summed E-state index contributed by atoms with van der Waals surface area (Å²) in [5, 5.41) is 0. The Morgan fingerprint density at radius 1 is 1.00 bits per heavy atom. The maximum atomic E-state index is 11.3. The van der Waals surface area contributed by atoms with Crippen molar-refractivity contribution in [2.45, 2.75) is 39.0 Å². The lowest BCUT2D eigenvalue weighted by Crippen LogP contribution is -2.12. The van der Waals surface area contributed by atoms with Gasteiger partial charge in [-0.2, -0.15) is 0 Å². The largest absolute Gasteiger partial charge is 0.330 e. The van der Waals surface area contributed by atoms with Gasteiger partial charge in [-0.05, 0) is 25.8 Å². The van der Waals surface area contributed by atoms with E-state index in [1.165, 1.54) is 0 Å². The van der Waals surface area contributed by atoms with Crippen LogP contribution in [0, 0.1) is 0 Å². The molecule has 0 aliphatic carbocycles.